The Balaban J connectivity index is -0.000000126. The maximum atomic E-state index is 9.43. The van der Waals surface area contributed by atoms with E-state index in [-0.39, 0.29) is 25.1 Å². The van der Waals surface area contributed by atoms with Crippen molar-refractivity contribution in [2.24, 2.45) is 0 Å². The summed E-state index contributed by atoms with van der Waals surface area (Å²) in [5.41, 5.74) is -0.500. The predicted octanol–water partition coefficient (Wildman–Crippen LogP) is 1.68. The molecule has 0 aliphatic heterocycles. The summed E-state index contributed by atoms with van der Waals surface area (Å²) in [4.78, 5) is 9.43. The summed E-state index contributed by atoms with van der Waals surface area (Å²) in [5.74, 6) is 0. The Kier molecular flexibility index (Phi) is 11.7. The second kappa shape index (κ2) is 7.50. The summed E-state index contributed by atoms with van der Waals surface area (Å²) in [6, 6.07) is 0. The molecule has 0 atom stereocenters. The quantitative estimate of drug-likeness (QED) is 0.390. The fraction of sp³-hybridized carbons (Fsp3) is 0.833. The Morgan fingerprint density at radius 1 is 1.17 bits per heavy atom. The van der Waals surface area contributed by atoms with Crippen LogP contribution in [0.5, 0.6) is 0 Å². The molecule has 0 unspecified atom stereocenters. The van der Waals surface area contributed by atoms with E-state index in [2.05, 4.69) is 0 Å². The van der Waals surface area contributed by atoms with Gasteiger partial charge in [0.25, 0.3) is 0 Å². The van der Waals surface area contributed by atoms with Gasteiger partial charge in [-0.2, -0.15) is 0 Å². The SMILES string of the molecule is CC(C)(C)O.O=CC(Cl)(Cl)Cl.[LiH]. The van der Waals surface area contributed by atoms with Crippen LogP contribution in [0.4, 0.5) is 0 Å². The number of carbonyl (C=O) groups excluding carboxylic acids is 1. The standard InChI is InChI=1S/C4H10O.C2HCl3O.Li.H/c1-4(2,3)5;3-2(4,5)1-6;;/h5H,1-3H3;1H;;. The zero-order valence-corrected chi connectivity index (χ0v) is 8.83. The summed E-state index contributed by atoms with van der Waals surface area (Å²) in [5, 5.41) is 8.52. The first-order chi connectivity index (χ1) is 4.56. The summed E-state index contributed by atoms with van der Waals surface area (Å²) in [6.07, 6.45) is 0.234. The number of carbonyl (C=O) groups is 1. The molecule has 0 aromatic heterocycles. The van der Waals surface area contributed by atoms with Gasteiger partial charge >= 0.3 is 18.9 Å². The first-order valence-electron chi connectivity index (χ1n) is 2.81. The molecule has 0 aliphatic rings. The van der Waals surface area contributed by atoms with Crippen molar-refractivity contribution >= 4 is 59.9 Å². The molecule has 0 heterocycles. The molecule has 0 spiro atoms. The second-order valence-electron chi connectivity index (χ2n) is 2.83. The van der Waals surface area contributed by atoms with Crippen LogP contribution in [0.1, 0.15) is 20.8 Å². The second-order valence-corrected chi connectivity index (χ2v) is 5.20. The van der Waals surface area contributed by atoms with Gasteiger partial charge in [0, 0.05) is 0 Å². The van der Waals surface area contributed by atoms with Crippen molar-refractivity contribution in [2.45, 2.75) is 30.2 Å². The average Bonchev–Trinajstić information content (AvgIpc) is 1.59. The Labute approximate surface area is 99.7 Å². The molecule has 0 saturated carbocycles. The van der Waals surface area contributed by atoms with Crippen LogP contribution < -0.4 is 0 Å². The Morgan fingerprint density at radius 3 is 1.25 bits per heavy atom. The van der Waals surface area contributed by atoms with Gasteiger partial charge in [0.15, 0.2) is 6.29 Å². The van der Waals surface area contributed by atoms with E-state index in [1.54, 1.807) is 20.8 Å². The minimum atomic E-state index is -1.72. The summed E-state index contributed by atoms with van der Waals surface area (Å²) in [6.45, 7) is 5.23. The van der Waals surface area contributed by atoms with E-state index in [1.165, 1.54) is 0 Å². The van der Waals surface area contributed by atoms with E-state index >= 15 is 0 Å². The summed E-state index contributed by atoms with van der Waals surface area (Å²) >= 11 is 14.6. The topological polar surface area (TPSA) is 37.3 Å². The molecule has 0 fully saturated rings. The zero-order chi connectivity index (χ0) is 9.71. The van der Waals surface area contributed by atoms with E-state index < -0.39 is 9.39 Å². The molecule has 2 nitrogen and oxygen atoms in total. The number of aliphatic hydroxyl groups is 1. The predicted molar refractivity (Wildman–Crippen MR) is 55.5 cm³/mol. The van der Waals surface area contributed by atoms with Gasteiger partial charge in [-0.05, 0) is 20.8 Å². The third kappa shape index (κ3) is 67.4. The molecular weight excluding hydrogens is 217 g/mol. The summed E-state index contributed by atoms with van der Waals surface area (Å²) in [7, 11) is 0. The molecule has 0 aliphatic carbocycles. The molecule has 1 N–H and O–H groups in total. The molecule has 12 heavy (non-hydrogen) atoms. The minimum absolute atomic E-state index is 0. The van der Waals surface area contributed by atoms with Crippen molar-refractivity contribution in [1.82, 2.24) is 0 Å². The number of halogens is 3. The van der Waals surface area contributed by atoms with Crippen molar-refractivity contribution in [3.63, 3.8) is 0 Å². The van der Waals surface area contributed by atoms with E-state index in [0.29, 0.717) is 0 Å². The number of rotatable bonds is 0. The maximum absolute atomic E-state index is 9.43. The average molecular weight is 229 g/mol. The van der Waals surface area contributed by atoms with E-state index in [1.807, 2.05) is 0 Å². The van der Waals surface area contributed by atoms with Crippen molar-refractivity contribution < 1.29 is 9.90 Å². The van der Waals surface area contributed by atoms with E-state index in [9.17, 15) is 4.79 Å². The van der Waals surface area contributed by atoms with Crippen molar-refractivity contribution in [3.8, 4) is 0 Å². The van der Waals surface area contributed by atoms with Gasteiger partial charge in [-0.15, -0.1) is 0 Å². The molecular formula is C6H12Cl3LiO2. The van der Waals surface area contributed by atoms with E-state index in [4.69, 9.17) is 39.9 Å². The van der Waals surface area contributed by atoms with Crippen LogP contribution >= 0.6 is 34.8 Å². The van der Waals surface area contributed by atoms with Gasteiger partial charge in [0.05, 0.1) is 5.60 Å². The van der Waals surface area contributed by atoms with Gasteiger partial charge in [-0.1, -0.05) is 34.8 Å². The molecule has 70 valence electrons. The number of alkyl halides is 3. The van der Waals surface area contributed by atoms with Crippen LogP contribution in [-0.4, -0.2) is 39.6 Å². The Morgan fingerprint density at radius 2 is 1.25 bits per heavy atom. The van der Waals surface area contributed by atoms with Crippen molar-refractivity contribution in [3.05, 3.63) is 0 Å². The van der Waals surface area contributed by atoms with Crippen LogP contribution in [0.2, 0.25) is 0 Å². The van der Waals surface area contributed by atoms with Gasteiger partial charge in [0.1, 0.15) is 0 Å². The normalized spacial score (nSPS) is 10.6. The monoisotopic (exact) mass is 228 g/mol. The third-order valence-corrected chi connectivity index (χ3v) is 0.401. The van der Waals surface area contributed by atoms with Crippen molar-refractivity contribution in [2.75, 3.05) is 0 Å². The zero-order valence-electron chi connectivity index (χ0n) is 6.57. The van der Waals surface area contributed by atoms with Gasteiger partial charge < -0.3 is 5.11 Å². The Hall–Kier alpha value is 1.10. The van der Waals surface area contributed by atoms with Crippen LogP contribution in [0, 0.1) is 0 Å². The fourth-order valence-electron chi connectivity index (χ4n) is 0. The molecule has 0 bridgehead atoms. The van der Waals surface area contributed by atoms with Gasteiger partial charge in [-0.25, -0.2) is 0 Å². The molecule has 6 heteroatoms. The van der Waals surface area contributed by atoms with Crippen LogP contribution in [0.15, 0.2) is 0 Å². The molecule has 0 amide bonds. The number of hydrogen-bond donors (Lipinski definition) is 1. The van der Waals surface area contributed by atoms with Crippen LogP contribution in [-0.2, 0) is 4.79 Å². The number of aldehydes is 1. The van der Waals surface area contributed by atoms with E-state index in [0.717, 1.165) is 0 Å². The molecule has 0 aromatic rings. The summed E-state index contributed by atoms with van der Waals surface area (Å²) < 4.78 is -1.72. The molecule has 0 radical (unpaired) electrons. The van der Waals surface area contributed by atoms with Crippen LogP contribution in [0.3, 0.4) is 0 Å². The fourth-order valence-corrected chi connectivity index (χ4v) is 0. The van der Waals surface area contributed by atoms with Crippen LogP contribution in [0.25, 0.3) is 0 Å². The molecule has 0 saturated heterocycles. The Bertz CT molecular complexity index is 111. The first kappa shape index (κ1) is 18.8. The molecule has 0 rings (SSSR count). The van der Waals surface area contributed by atoms with Gasteiger partial charge in [0.2, 0.25) is 3.79 Å². The first-order valence-corrected chi connectivity index (χ1v) is 3.95. The molecule has 0 aromatic carbocycles. The third-order valence-electron chi connectivity index (χ3n) is 0.134. The number of hydrogen-bond acceptors (Lipinski definition) is 2. The van der Waals surface area contributed by atoms with Gasteiger partial charge in [-0.3, -0.25) is 4.79 Å². The van der Waals surface area contributed by atoms with Crippen molar-refractivity contribution in [1.29, 1.82) is 0 Å².